The molecule has 2 fully saturated rings. The molecule has 0 saturated carbocycles. The van der Waals surface area contributed by atoms with E-state index in [-0.39, 0.29) is 13.2 Å². The van der Waals surface area contributed by atoms with Crippen LogP contribution in [0, 0.1) is 0 Å². The van der Waals surface area contributed by atoms with Crippen LogP contribution in [0.4, 0.5) is 0 Å². The van der Waals surface area contributed by atoms with Gasteiger partial charge in [-0.1, -0.05) is 0 Å². The first-order valence-corrected chi connectivity index (χ1v) is 10.9. The van der Waals surface area contributed by atoms with Gasteiger partial charge in [0.2, 0.25) is 5.91 Å². The van der Waals surface area contributed by atoms with Crippen LogP contribution in [0.2, 0.25) is 0 Å². The van der Waals surface area contributed by atoms with Crippen LogP contribution in [0.5, 0.6) is 0 Å². The molecule has 2 aliphatic rings. The number of rotatable bonds is 11. The zero-order valence-electron chi connectivity index (χ0n) is 18.9. The molecule has 2 heterocycles. The first kappa shape index (κ1) is 29.7. The number of carbonyl (C=O) groups is 2. The van der Waals surface area contributed by atoms with Crippen LogP contribution in [0.3, 0.4) is 0 Å². The quantitative estimate of drug-likeness (QED) is 0.123. The molecule has 11 N–H and O–H groups in total. The molecule has 1 amide bonds. The fourth-order valence-electron chi connectivity index (χ4n) is 3.98. The molecule has 2 aliphatic heterocycles. The van der Waals surface area contributed by atoms with E-state index in [9.17, 15) is 50.4 Å². The van der Waals surface area contributed by atoms with Gasteiger partial charge in [-0.3, -0.25) is 4.79 Å². The Morgan fingerprint density at radius 2 is 1.86 bits per heavy atom. The zero-order chi connectivity index (χ0) is 26.5. The molecule has 204 valence electrons. The average Bonchev–Trinajstić information content (AvgIpc) is 2.81. The number of nitrogens with two attached hydrogens (primary N) is 1. The van der Waals surface area contributed by atoms with Crippen molar-refractivity contribution in [1.82, 2.24) is 5.32 Å². The normalized spacial score (nSPS) is 39.6. The second-order valence-electron chi connectivity index (χ2n) is 8.33. The molecule has 16 heteroatoms. The number of carboxylic acid groups (broad SMARTS) is 1. The van der Waals surface area contributed by atoms with Crippen molar-refractivity contribution in [3.63, 3.8) is 0 Å². The maximum Gasteiger partial charge on any atom is 0.364 e. The summed E-state index contributed by atoms with van der Waals surface area (Å²) in [5.41, 5.74) is 5.36. The van der Waals surface area contributed by atoms with Gasteiger partial charge in [0.05, 0.1) is 32.0 Å². The highest BCUT2D eigenvalue weighted by atomic mass is 16.8. The van der Waals surface area contributed by atoms with Gasteiger partial charge in [0.1, 0.15) is 42.7 Å². The van der Waals surface area contributed by atoms with Gasteiger partial charge in [-0.15, -0.1) is 0 Å². The summed E-state index contributed by atoms with van der Waals surface area (Å²) in [6.07, 6.45) is -16.6. The minimum absolute atomic E-state index is 0.0239. The fourth-order valence-corrected chi connectivity index (χ4v) is 3.98. The third-order valence-electron chi connectivity index (χ3n) is 5.73. The number of ether oxygens (including phenoxy) is 4. The smallest absolute Gasteiger partial charge is 0.364 e. The molecule has 0 bridgehead atoms. The third-order valence-corrected chi connectivity index (χ3v) is 5.73. The standard InChI is InChI=1S/C19H34N2O14/c1-7(24)21-11-8(25)4-19(18(30)31,34-15(11)12(27)9(26)5-22)35-16-13(28)10(6-23)33-17(14(16)29)32-3-2-20/h8-17,22-23,25-29H,2-6,20H2,1H3,(H,21,24)(H,30,31)/t8?,9-,10?,11?,12-,13?,14?,15?,16?,17?,19?/m1/s1. The molecule has 9 unspecified atom stereocenters. The van der Waals surface area contributed by atoms with Crippen LogP contribution in [0.25, 0.3) is 0 Å². The van der Waals surface area contributed by atoms with E-state index in [0.29, 0.717) is 0 Å². The lowest BCUT2D eigenvalue weighted by Gasteiger charge is -2.49. The molecule has 2 saturated heterocycles. The van der Waals surface area contributed by atoms with Crippen molar-refractivity contribution in [2.75, 3.05) is 26.4 Å². The lowest BCUT2D eigenvalue weighted by Crippen LogP contribution is -2.70. The number of nitrogens with one attached hydrogen (secondary N) is 1. The summed E-state index contributed by atoms with van der Waals surface area (Å²) in [6, 6.07) is -1.44. The van der Waals surface area contributed by atoms with Crippen molar-refractivity contribution >= 4 is 11.9 Å². The Morgan fingerprint density at radius 3 is 2.37 bits per heavy atom. The Morgan fingerprint density at radius 1 is 1.20 bits per heavy atom. The number of aliphatic carboxylic acids is 1. The molecule has 0 aromatic heterocycles. The van der Waals surface area contributed by atoms with Gasteiger partial charge in [0.25, 0.3) is 5.79 Å². The summed E-state index contributed by atoms with van der Waals surface area (Å²) in [4.78, 5) is 23.9. The number of aliphatic hydroxyl groups excluding tert-OH is 7. The molecule has 11 atom stereocenters. The molecular weight excluding hydrogens is 480 g/mol. The summed E-state index contributed by atoms with van der Waals surface area (Å²) in [6.45, 7) is -0.738. The van der Waals surface area contributed by atoms with Gasteiger partial charge < -0.3 is 70.9 Å². The van der Waals surface area contributed by atoms with Crippen LogP contribution in [0.15, 0.2) is 0 Å². The van der Waals surface area contributed by atoms with Gasteiger partial charge in [-0.2, -0.15) is 0 Å². The highest BCUT2D eigenvalue weighted by Crippen LogP contribution is 2.37. The van der Waals surface area contributed by atoms with Gasteiger partial charge in [-0.05, 0) is 0 Å². The topological polar surface area (TPSA) is 271 Å². The Kier molecular flexibility index (Phi) is 10.7. The third kappa shape index (κ3) is 6.62. The second-order valence-corrected chi connectivity index (χ2v) is 8.33. The predicted molar refractivity (Wildman–Crippen MR) is 110 cm³/mol. The number of hydrogen-bond donors (Lipinski definition) is 10. The van der Waals surface area contributed by atoms with Gasteiger partial charge >= 0.3 is 5.97 Å². The largest absolute Gasteiger partial charge is 0.477 e. The monoisotopic (exact) mass is 514 g/mol. The lowest BCUT2D eigenvalue weighted by atomic mass is 9.88. The highest BCUT2D eigenvalue weighted by Gasteiger charge is 2.59. The fraction of sp³-hybridized carbons (Fsp3) is 0.895. The molecule has 0 aromatic rings. The van der Waals surface area contributed by atoms with Crippen molar-refractivity contribution in [2.24, 2.45) is 5.73 Å². The van der Waals surface area contributed by atoms with Gasteiger partial charge in [-0.25, -0.2) is 4.79 Å². The van der Waals surface area contributed by atoms with Crippen LogP contribution < -0.4 is 11.1 Å². The van der Waals surface area contributed by atoms with Crippen molar-refractivity contribution in [2.45, 2.75) is 80.3 Å². The van der Waals surface area contributed by atoms with Crippen molar-refractivity contribution in [3.05, 3.63) is 0 Å². The molecule has 0 radical (unpaired) electrons. The van der Waals surface area contributed by atoms with Crippen LogP contribution in [-0.4, -0.2) is 146 Å². The van der Waals surface area contributed by atoms with Crippen LogP contribution >= 0.6 is 0 Å². The number of carbonyl (C=O) groups excluding carboxylic acids is 1. The van der Waals surface area contributed by atoms with Gasteiger partial charge in [0.15, 0.2) is 6.29 Å². The number of carboxylic acids is 1. The average molecular weight is 514 g/mol. The Bertz CT molecular complexity index is 715. The molecular formula is C19H34N2O14. The van der Waals surface area contributed by atoms with Crippen LogP contribution in [0.1, 0.15) is 13.3 Å². The highest BCUT2D eigenvalue weighted by molar-refractivity contribution is 5.76. The number of amides is 1. The van der Waals surface area contributed by atoms with E-state index in [0.717, 1.165) is 6.92 Å². The molecule has 35 heavy (non-hydrogen) atoms. The minimum Gasteiger partial charge on any atom is -0.477 e. The Balaban J connectivity index is 2.43. The second kappa shape index (κ2) is 12.6. The van der Waals surface area contributed by atoms with Crippen molar-refractivity contribution < 1.29 is 69.4 Å². The van der Waals surface area contributed by atoms with E-state index in [1.54, 1.807) is 0 Å². The molecule has 0 spiro atoms. The summed E-state index contributed by atoms with van der Waals surface area (Å²) in [5.74, 6) is -5.37. The van der Waals surface area contributed by atoms with Gasteiger partial charge in [0, 0.05) is 19.9 Å². The molecule has 2 rings (SSSR count). The van der Waals surface area contributed by atoms with E-state index in [2.05, 4.69) is 5.32 Å². The Hall–Kier alpha value is -1.54. The van der Waals surface area contributed by atoms with E-state index < -0.39 is 98.5 Å². The molecule has 0 aliphatic carbocycles. The van der Waals surface area contributed by atoms with E-state index >= 15 is 0 Å². The zero-order valence-corrected chi connectivity index (χ0v) is 18.9. The Labute approximate surface area is 199 Å². The van der Waals surface area contributed by atoms with E-state index in [1.165, 1.54) is 0 Å². The summed E-state index contributed by atoms with van der Waals surface area (Å²) in [7, 11) is 0. The van der Waals surface area contributed by atoms with Crippen molar-refractivity contribution in [1.29, 1.82) is 0 Å². The maximum atomic E-state index is 12.3. The summed E-state index contributed by atoms with van der Waals surface area (Å²) >= 11 is 0. The molecule has 0 aromatic carbocycles. The minimum atomic E-state index is -2.84. The van der Waals surface area contributed by atoms with E-state index in [4.69, 9.17) is 24.7 Å². The number of aliphatic hydroxyl groups is 7. The summed E-state index contributed by atoms with van der Waals surface area (Å²) < 4.78 is 21.5. The maximum absolute atomic E-state index is 12.3. The first-order chi connectivity index (χ1) is 16.4. The first-order valence-electron chi connectivity index (χ1n) is 10.9. The summed E-state index contributed by atoms with van der Waals surface area (Å²) in [5, 5.41) is 83.3. The lowest BCUT2D eigenvalue weighted by molar-refractivity contribution is -0.369. The van der Waals surface area contributed by atoms with Crippen LogP contribution in [-0.2, 0) is 28.5 Å². The predicted octanol–water partition coefficient (Wildman–Crippen LogP) is -6.06. The SMILES string of the molecule is CC(=O)NC1C(O)CC(OC2C(O)C(CO)OC(OCCN)C2O)(C(=O)O)OC1[C@H](O)[C@H](O)CO. The molecule has 16 nitrogen and oxygen atoms in total. The number of hydrogen-bond acceptors (Lipinski definition) is 14. The van der Waals surface area contributed by atoms with E-state index in [1.807, 2.05) is 0 Å². The van der Waals surface area contributed by atoms with Crippen molar-refractivity contribution in [3.8, 4) is 0 Å².